The minimum atomic E-state index is -0.363. The van der Waals surface area contributed by atoms with Crippen LogP contribution in [0.4, 0.5) is 17.2 Å². The van der Waals surface area contributed by atoms with Crippen LogP contribution in [-0.4, -0.2) is 29.9 Å². The molecule has 1 fully saturated rings. The van der Waals surface area contributed by atoms with E-state index in [1.54, 1.807) is 24.3 Å². The van der Waals surface area contributed by atoms with Crippen molar-refractivity contribution in [3.8, 4) is 0 Å². The Kier molecular flexibility index (Phi) is 5.79. The van der Waals surface area contributed by atoms with Crippen LogP contribution in [-0.2, 0) is 0 Å². The minimum Gasteiger partial charge on any atom is -0.459 e. The zero-order chi connectivity index (χ0) is 20.9. The Morgan fingerprint density at radius 3 is 2.53 bits per heavy atom. The van der Waals surface area contributed by atoms with E-state index in [4.69, 9.17) is 4.42 Å². The molecule has 0 bridgehead atoms. The van der Waals surface area contributed by atoms with Crippen LogP contribution < -0.4 is 15.5 Å². The fourth-order valence-corrected chi connectivity index (χ4v) is 3.60. The first-order valence-corrected chi connectivity index (χ1v) is 10.1. The van der Waals surface area contributed by atoms with Crippen LogP contribution in [0.15, 0.2) is 59.2 Å². The molecule has 0 radical (unpaired) electrons. The number of carbonyl (C=O) groups is 2. The molecule has 154 valence electrons. The monoisotopic (exact) mass is 404 g/mol. The predicted octanol–water partition coefficient (Wildman–Crippen LogP) is 4.48. The molecule has 3 heterocycles. The highest BCUT2D eigenvalue weighted by Crippen LogP contribution is 2.28. The molecular weight excluding hydrogens is 380 g/mol. The largest absolute Gasteiger partial charge is 0.459 e. The zero-order valence-corrected chi connectivity index (χ0v) is 16.9. The van der Waals surface area contributed by atoms with Gasteiger partial charge in [0.15, 0.2) is 5.76 Å². The molecule has 0 unspecified atom stereocenters. The molecule has 0 saturated carbocycles. The summed E-state index contributed by atoms with van der Waals surface area (Å²) in [6.07, 6.45) is 4.83. The van der Waals surface area contributed by atoms with E-state index in [-0.39, 0.29) is 17.6 Å². The maximum Gasteiger partial charge on any atom is 0.291 e. The molecule has 0 atom stereocenters. The Hall–Kier alpha value is -3.61. The summed E-state index contributed by atoms with van der Waals surface area (Å²) in [6, 6.07) is 14.1. The molecule has 1 aromatic carbocycles. The van der Waals surface area contributed by atoms with Crippen LogP contribution in [0.3, 0.4) is 0 Å². The van der Waals surface area contributed by atoms with Gasteiger partial charge < -0.3 is 20.0 Å². The van der Waals surface area contributed by atoms with Crippen molar-refractivity contribution < 1.29 is 14.0 Å². The standard InChI is InChI=1S/C23H24N4O3/c1-16-7-5-9-21(24-16)26-22(28)18-15-17(25-23(29)20-8-6-14-30-20)10-11-19(18)27-12-3-2-4-13-27/h5-11,14-15H,2-4,12-13H2,1H3,(H,25,29)(H,24,26,28). The number of anilines is 3. The van der Waals surface area contributed by atoms with E-state index in [0.29, 0.717) is 17.1 Å². The van der Waals surface area contributed by atoms with Gasteiger partial charge in [0.05, 0.1) is 11.8 Å². The average Bonchev–Trinajstić information content (AvgIpc) is 3.29. The minimum absolute atomic E-state index is 0.213. The number of carbonyl (C=O) groups excluding carboxylic acids is 2. The van der Waals surface area contributed by atoms with Gasteiger partial charge in [-0.25, -0.2) is 4.98 Å². The number of nitrogens with one attached hydrogen (secondary N) is 2. The number of benzene rings is 1. The van der Waals surface area contributed by atoms with E-state index >= 15 is 0 Å². The van der Waals surface area contributed by atoms with Gasteiger partial charge in [-0.3, -0.25) is 9.59 Å². The molecule has 2 N–H and O–H groups in total. The first-order valence-electron chi connectivity index (χ1n) is 10.1. The maximum absolute atomic E-state index is 13.1. The Morgan fingerprint density at radius 1 is 0.967 bits per heavy atom. The number of amides is 2. The van der Waals surface area contributed by atoms with Gasteiger partial charge in [-0.05, 0) is 68.7 Å². The highest BCUT2D eigenvalue weighted by molar-refractivity contribution is 6.09. The number of furan rings is 1. The van der Waals surface area contributed by atoms with Crippen molar-refractivity contribution in [1.82, 2.24) is 4.98 Å². The smallest absolute Gasteiger partial charge is 0.291 e. The number of nitrogens with zero attached hydrogens (tertiary/aromatic N) is 2. The normalized spacial score (nSPS) is 13.7. The summed E-state index contributed by atoms with van der Waals surface area (Å²) in [7, 11) is 0. The number of rotatable bonds is 5. The van der Waals surface area contributed by atoms with E-state index in [1.807, 2.05) is 31.2 Å². The molecule has 0 aliphatic carbocycles. The lowest BCUT2D eigenvalue weighted by atomic mass is 10.1. The molecule has 4 rings (SSSR count). The van der Waals surface area contributed by atoms with Gasteiger partial charge in [0.2, 0.25) is 0 Å². The third kappa shape index (κ3) is 4.51. The van der Waals surface area contributed by atoms with Crippen molar-refractivity contribution in [1.29, 1.82) is 0 Å². The molecule has 2 aromatic heterocycles. The highest BCUT2D eigenvalue weighted by Gasteiger charge is 2.20. The molecule has 0 spiro atoms. The number of pyridine rings is 1. The summed E-state index contributed by atoms with van der Waals surface area (Å²) in [5, 5.41) is 5.67. The van der Waals surface area contributed by atoms with E-state index < -0.39 is 0 Å². The predicted molar refractivity (Wildman–Crippen MR) is 116 cm³/mol. The topological polar surface area (TPSA) is 87.5 Å². The fraction of sp³-hybridized carbons (Fsp3) is 0.261. The first kappa shape index (κ1) is 19.7. The van der Waals surface area contributed by atoms with Crippen LogP contribution in [0.2, 0.25) is 0 Å². The van der Waals surface area contributed by atoms with Crippen molar-refractivity contribution in [2.24, 2.45) is 0 Å². The van der Waals surface area contributed by atoms with Gasteiger partial charge >= 0.3 is 0 Å². The fourth-order valence-electron chi connectivity index (χ4n) is 3.60. The van der Waals surface area contributed by atoms with E-state index in [0.717, 1.165) is 37.3 Å². The SMILES string of the molecule is Cc1cccc(NC(=O)c2cc(NC(=O)c3ccco3)ccc2N2CCCCC2)n1. The molecule has 2 amide bonds. The van der Waals surface area contributed by atoms with Crippen LogP contribution >= 0.6 is 0 Å². The molecule has 1 saturated heterocycles. The van der Waals surface area contributed by atoms with Gasteiger partial charge in [0.25, 0.3) is 11.8 Å². The molecule has 7 heteroatoms. The van der Waals surface area contributed by atoms with Gasteiger partial charge in [-0.2, -0.15) is 0 Å². The Bertz CT molecular complexity index is 1040. The summed E-state index contributed by atoms with van der Waals surface area (Å²) >= 11 is 0. The van der Waals surface area contributed by atoms with E-state index in [9.17, 15) is 9.59 Å². The third-order valence-electron chi connectivity index (χ3n) is 5.07. The van der Waals surface area contributed by atoms with Crippen molar-refractivity contribution in [3.05, 3.63) is 71.8 Å². The second-order valence-corrected chi connectivity index (χ2v) is 7.33. The second kappa shape index (κ2) is 8.82. The first-order chi connectivity index (χ1) is 14.6. The summed E-state index contributed by atoms with van der Waals surface area (Å²) in [5.41, 5.74) is 2.70. The lowest BCUT2D eigenvalue weighted by Crippen LogP contribution is -2.31. The van der Waals surface area contributed by atoms with E-state index in [2.05, 4.69) is 20.5 Å². The third-order valence-corrected chi connectivity index (χ3v) is 5.07. The van der Waals surface area contributed by atoms with Gasteiger partial charge in [-0.15, -0.1) is 0 Å². The van der Waals surface area contributed by atoms with Gasteiger partial charge in [0.1, 0.15) is 5.82 Å². The van der Waals surface area contributed by atoms with Crippen LogP contribution in [0.1, 0.15) is 45.9 Å². The molecule has 7 nitrogen and oxygen atoms in total. The quantitative estimate of drug-likeness (QED) is 0.655. The molecule has 3 aromatic rings. The average molecular weight is 404 g/mol. The molecule has 30 heavy (non-hydrogen) atoms. The van der Waals surface area contributed by atoms with Crippen molar-refractivity contribution in [2.45, 2.75) is 26.2 Å². The van der Waals surface area contributed by atoms with Crippen molar-refractivity contribution in [3.63, 3.8) is 0 Å². The highest BCUT2D eigenvalue weighted by atomic mass is 16.3. The Labute approximate surface area is 175 Å². The lowest BCUT2D eigenvalue weighted by Gasteiger charge is -2.30. The summed E-state index contributed by atoms with van der Waals surface area (Å²) in [6.45, 7) is 3.68. The van der Waals surface area contributed by atoms with E-state index in [1.165, 1.54) is 12.7 Å². The second-order valence-electron chi connectivity index (χ2n) is 7.33. The number of aryl methyl sites for hydroxylation is 1. The van der Waals surface area contributed by atoms with Crippen molar-refractivity contribution in [2.75, 3.05) is 28.6 Å². The van der Waals surface area contributed by atoms with Crippen molar-refractivity contribution >= 4 is 29.0 Å². The van der Waals surface area contributed by atoms with Gasteiger partial charge in [0, 0.05) is 30.2 Å². The summed E-state index contributed by atoms with van der Waals surface area (Å²) in [5.74, 6) is 0.0832. The number of hydrogen-bond donors (Lipinski definition) is 2. The van der Waals surface area contributed by atoms with Crippen LogP contribution in [0.5, 0.6) is 0 Å². The van der Waals surface area contributed by atoms with Gasteiger partial charge in [-0.1, -0.05) is 6.07 Å². The summed E-state index contributed by atoms with van der Waals surface area (Å²) < 4.78 is 5.15. The molecule has 1 aliphatic rings. The number of piperidine rings is 1. The van der Waals surface area contributed by atoms with Crippen LogP contribution in [0.25, 0.3) is 0 Å². The lowest BCUT2D eigenvalue weighted by molar-refractivity contribution is 0.0993. The Balaban J connectivity index is 1.63. The molecular formula is C23H24N4O3. The summed E-state index contributed by atoms with van der Waals surface area (Å²) in [4.78, 5) is 32.1. The molecule has 1 aliphatic heterocycles. The maximum atomic E-state index is 13.1. The van der Waals surface area contributed by atoms with Crippen LogP contribution in [0, 0.1) is 6.92 Å². The number of aromatic nitrogens is 1. The number of hydrogen-bond acceptors (Lipinski definition) is 5. The zero-order valence-electron chi connectivity index (χ0n) is 16.9. The Morgan fingerprint density at radius 2 is 1.80 bits per heavy atom.